The molecule has 1 fully saturated rings. The van der Waals surface area contributed by atoms with Crippen LogP contribution in [-0.2, 0) is 6.42 Å². The number of hydrogen-bond donors (Lipinski definition) is 0. The lowest BCUT2D eigenvalue weighted by Gasteiger charge is -2.36. The number of rotatable bonds is 5. The van der Waals surface area contributed by atoms with Crippen LogP contribution in [0.4, 0.5) is 0 Å². The first-order chi connectivity index (χ1) is 11.1. The number of hydrogen-bond acceptors (Lipinski definition) is 5. The third-order valence-electron chi connectivity index (χ3n) is 4.56. The van der Waals surface area contributed by atoms with Crippen molar-refractivity contribution in [1.82, 2.24) is 19.9 Å². The highest BCUT2D eigenvalue weighted by Crippen LogP contribution is 2.16. The van der Waals surface area contributed by atoms with Gasteiger partial charge >= 0.3 is 0 Å². The molecule has 0 saturated carbocycles. The minimum Gasteiger partial charge on any atom is -0.339 e. The van der Waals surface area contributed by atoms with Crippen molar-refractivity contribution in [2.24, 2.45) is 0 Å². The number of piperazine rings is 1. The number of nitrogens with zero attached hydrogens (tertiary/aromatic N) is 4. The van der Waals surface area contributed by atoms with Gasteiger partial charge in [0.05, 0.1) is 0 Å². The third-order valence-corrected chi connectivity index (χ3v) is 4.56. The molecule has 5 heteroatoms. The second kappa shape index (κ2) is 7.23. The molecule has 2 aromatic rings. The van der Waals surface area contributed by atoms with E-state index in [1.165, 1.54) is 5.56 Å². The maximum absolute atomic E-state index is 5.40. The van der Waals surface area contributed by atoms with Crippen LogP contribution in [0.25, 0.3) is 11.4 Å². The molecule has 23 heavy (non-hydrogen) atoms. The Balaban J connectivity index is 1.51. The van der Waals surface area contributed by atoms with Crippen LogP contribution in [0, 0.1) is 6.92 Å². The van der Waals surface area contributed by atoms with E-state index in [-0.39, 0.29) is 0 Å². The molecular formula is C18H26N4O. The van der Waals surface area contributed by atoms with Gasteiger partial charge < -0.3 is 9.42 Å². The summed E-state index contributed by atoms with van der Waals surface area (Å²) in [5, 5.41) is 4.10. The molecular weight excluding hydrogens is 288 g/mol. The first kappa shape index (κ1) is 16.1. The van der Waals surface area contributed by atoms with E-state index in [0.29, 0.717) is 11.9 Å². The molecule has 1 aromatic heterocycles. The summed E-state index contributed by atoms with van der Waals surface area (Å²) in [6.45, 7) is 12.1. The van der Waals surface area contributed by atoms with Crippen molar-refractivity contribution in [2.45, 2.75) is 33.2 Å². The summed E-state index contributed by atoms with van der Waals surface area (Å²) in [4.78, 5) is 9.53. The van der Waals surface area contributed by atoms with Crippen molar-refractivity contribution < 1.29 is 4.52 Å². The standard InChI is InChI=1S/C18H26N4O/c1-14(2)22-12-10-21(11-13-22)9-8-17-19-18(20-23-17)16-6-4-15(3)5-7-16/h4-7,14H,8-13H2,1-3H3. The van der Waals surface area contributed by atoms with Gasteiger partial charge in [0, 0.05) is 50.7 Å². The normalized spacial score (nSPS) is 17.0. The summed E-state index contributed by atoms with van der Waals surface area (Å²) in [7, 11) is 0. The molecule has 0 amide bonds. The number of aryl methyl sites for hydroxylation is 1. The Morgan fingerprint density at radius 1 is 1.09 bits per heavy atom. The maximum atomic E-state index is 5.40. The highest BCUT2D eigenvalue weighted by Gasteiger charge is 2.19. The van der Waals surface area contributed by atoms with Gasteiger partial charge in [-0.25, -0.2) is 0 Å². The summed E-state index contributed by atoms with van der Waals surface area (Å²) < 4.78 is 5.40. The zero-order valence-corrected chi connectivity index (χ0v) is 14.3. The SMILES string of the molecule is Cc1ccc(-c2noc(CCN3CCN(C(C)C)CC3)n2)cc1. The lowest BCUT2D eigenvalue weighted by Crippen LogP contribution is -2.49. The molecule has 124 valence electrons. The van der Waals surface area contributed by atoms with E-state index in [9.17, 15) is 0 Å². The number of aromatic nitrogens is 2. The Morgan fingerprint density at radius 2 is 1.78 bits per heavy atom. The molecule has 0 unspecified atom stereocenters. The van der Waals surface area contributed by atoms with E-state index >= 15 is 0 Å². The minimum atomic E-state index is 0.644. The van der Waals surface area contributed by atoms with Gasteiger partial charge in [-0.1, -0.05) is 35.0 Å². The molecule has 0 atom stereocenters. The van der Waals surface area contributed by atoms with Crippen LogP contribution in [0.15, 0.2) is 28.8 Å². The minimum absolute atomic E-state index is 0.644. The highest BCUT2D eigenvalue weighted by molar-refractivity contribution is 5.54. The van der Waals surface area contributed by atoms with Gasteiger partial charge in [-0.05, 0) is 20.8 Å². The summed E-state index contributed by atoms with van der Waals surface area (Å²) in [5.41, 5.74) is 2.24. The zero-order valence-electron chi connectivity index (χ0n) is 14.3. The smallest absolute Gasteiger partial charge is 0.228 e. The van der Waals surface area contributed by atoms with Gasteiger partial charge in [0.25, 0.3) is 0 Å². The summed E-state index contributed by atoms with van der Waals surface area (Å²) >= 11 is 0. The van der Waals surface area contributed by atoms with Crippen LogP contribution in [0.2, 0.25) is 0 Å². The van der Waals surface area contributed by atoms with Crippen LogP contribution in [0.5, 0.6) is 0 Å². The molecule has 0 spiro atoms. The Kier molecular flexibility index (Phi) is 5.08. The van der Waals surface area contributed by atoms with E-state index in [0.717, 1.165) is 50.6 Å². The molecule has 5 nitrogen and oxygen atoms in total. The zero-order chi connectivity index (χ0) is 16.2. The van der Waals surface area contributed by atoms with Gasteiger partial charge in [-0.15, -0.1) is 0 Å². The lowest BCUT2D eigenvalue weighted by molar-refractivity contribution is 0.108. The van der Waals surface area contributed by atoms with Gasteiger partial charge in [0.2, 0.25) is 11.7 Å². The molecule has 3 rings (SSSR count). The van der Waals surface area contributed by atoms with Crippen LogP contribution >= 0.6 is 0 Å². The lowest BCUT2D eigenvalue weighted by atomic mass is 10.1. The van der Waals surface area contributed by atoms with E-state index < -0.39 is 0 Å². The predicted molar refractivity (Wildman–Crippen MR) is 91.3 cm³/mol. The van der Waals surface area contributed by atoms with E-state index in [4.69, 9.17) is 4.52 Å². The fraction of sp³-hybridized carbons (Fsp3) is 0.556. The topological polar surface area (TPSA) is 45.4 Å². The quantitative estimate of drug-likeness (QED) is 0.849. The fourth-order valence-corrected chi connectivity index (χ4v) is 2.93. The molecule has 0 N–H and O–H groups in total. The highest BCUT2D eigenvalue weighted by atomic mass is 16.5. The van der Waals surface area contributed by atoms with E-state index in [1.807, 2.05) is 12.1 Å². The van der Waals surface area contributed by atoms with Crippen LogP contribution in [-0.4, -0.2) is 58.7 Å². The van der Waals surface area contributed by atoms with Crippen LogP contribution in [0.3, 0.4) is 0 Å². The third kappa shape index (κ3) is 4.18. The van der Waals surface area contributed by atoms with Crippen molar-refractivity contribution in [1.29, 1.82) is 0 Å². The molecule has 2 heterocycles. The average molecular weight is 314 g/mol. The second-order valence-electron chi connectivity index (χ2n) is 6.60. The Bertz CT molecular complexity index is 612. The summed E-state index contributed by atoms with van der Waals surface area (Å²) in [6, 6.07) is 8.86. The average Bonchev–Trinajstić information content (AvgIpc) is 3.03. The molecule has 0 aliphatic carbocycles. The van der Waals surface area contributed by atoms with Crippen LogP contribution in [0.1, 0.15) is 25.3 Å². The van der Waals surface area contributed by atoms with Crippen molar-refractivity contribution in [3.8, 4) is 11.4 Å². The monoisotopic (exact) mass is 314 g/mol. The molecule has 1 aliphatic heterocycles. The summed E-state index contributed by atoms with van der Waals surface area (Å²) in [5.74, 6) is 1.41. The largest absolute Gasteiger partial charge is 0.339 e. The Hall–Kier alpha value is -1.72. The van der Waals surface area contributed by atoms with Crippen molar-refractivity contribution in [2.75, 3.05) is 32.7 Å². The number of benzene rings is 1. The van der Waals surface area contributed by atoms with Crippen molar-refractivity contribution in [3.05, 3.63) is 35.7 Å². The van der Waals surface area contributed by atoms with Crippen molar-refractivity contribution in [3.63, 3.8) is 0 Å². The maximum Gasteiger partial charge on any atom is 0.228 e. The first-order valence-electron chi connectivity index (χ1n) is 8.48. The fourth-order valence-electron chi connectivity index (χ4n) is 2.93. The van der Waals surface area contributed by atoms with Gasteiger partial charge in [0.15, 0.2) is 0 Å². The predicted octanol–water partition coefficient (Wildman–Crippen LogP) is 2.61. The molecule has 1 aromatic carbocycles. The van der Waals surface area contributed by atoms with Crippen molar-refractivity contribution >= 4 is 0 Å². The molecule has 1 aliphatic rings. The van der Waals surface area contributed by atoms with Gasteiger partial charge in [-0.3, -0.25) is 4.90 Å². The first-order valence-corrected chi connectivity index (χ1v) is 8.48. The molecule has 1 saturated heterocycles. The molecule has 0 bridgehead atoms. The Morgan fingerprint density at radius 3 is 2.43 bits per heavy atom. The van der Waals surface area contributed by atoms with E-state index in [2.05, 4.69) is 52.8 Å². The van der Waals surface area contributed by atoms with E-state index in [1.54, 1.807) is 0 Å². The van der Waals surface area contributed by atoms with Crippen LogP contribution < -0.4 is 0 Å². The second-order valence-corrected chi connectivity index (χ2v) is 6.60. The summed E-state index contributed by atoms with van der Waals surface area (Å²) in [6.07, 6.45) is 0.820. The Labute approximate surface area is 138 Å². The van der Waals surface area contributed by atoms with Gasteiger partial charge in [-0.2, -0.15) is 4.98 Å². The van der Waals surface area contributed by atoms with Gasteiger partial charge in [0.1, 0.15) is 0 Å². The molecule has 0 radical (unpaired) electrons.